The summed E-state index contributed by atoms with van der Waals surface area (Å²) in [6.45, 7) is 5.68. The molecule has 0 atom stereocenters. The zero-order chi connectivity index (χ0) is 16.6. The fraction of sp³-hybridized carbons (Fsp3) is 0.450. The van der Waals surface area contributed by atoms with Gasteiger partial charge in [-0.05, 0) is 56.6 Å². The number of hydrogen-bond donors (Lipinski definition) is 0. The monoisotopic (exact) mass is 324 g/mol. The average Bonchev–Trinajstić information content (AvgIpc) is 3.11. The molecule has 4 rings (SSSR count). The van der Waals surface area contributed by atoms with Gasteiger partial charge >= 0.3 is 0 Å². The normalized spacial score (nSPS) is 20.4. The predicted molar refractivity (Wildman–Crippen MR) is 94.0 cm³/mol. The van der Waals surface area contributed by atoms with Gasteiger partial charge in [-0.1, -0.05) is 18.2 Å². The molecule has 0 unspecified atom stereocenters. The lowest BCUT2D eigenvalue weighted by molar-refractivity contribution is -0.121. The Morgan fingerprint density at radius 3 is 2.62 bits per heavy atom. The third-order valence-electron chi connectivity index (χ3n) is 5.65. The van der Waals surface area contributed by atoms with Gasteiger partial charge in [0.1, 0.15) is 5.76 Å². The number of likely N-dealkylation sites (tertiary alicyclic amines) is 1. The maximum atomic E-state index is 12.7. The van der Waals surface area contributed by atoms with E-state index in [1.807, 2.05) is 23.1 Å². The van der Waals surface area contributed by atoms with Gasteiger partial charge in [0.15, 0.2) is 0 Å². The number of anilines is 1. The first-order valence-electron chi connectivity index (χ1n) is 8.86. The highest BCUT2D eigenvalue weighted by molar-refractivity contribution is 5.97. The van der Waals surface area contributed by atoms with Crippen molar-refractivity contribution in [2.24, 2.45) is 0 Å². The summed E-state index contributed by atoms with van der Waals surface area (Å²) in [5.41, 5.74) is 2.50. The first-order chi connectivity index (χ1) is 11.7. The Morgan fingerprint density at radius 1 is 1.12 bits per heavy atom. The van der Waals surface area contributed by atoms with E-state index in [0.29, 0.717) is 6.42 Å². The lowest BCUT2D eigenvalue weighted by atomic mass is 9.67. The van der Waals surface area contributed by atoms with Crippen molar-refractivity contribution < 1.29 is 9.21 Å². The quantitative estimate of drug-likeness (QED) is 0.866. The molecule has 3 heterocycles. The van der Waals surface area contributed by atoms with E-state index in [1.165, 1.54) is 5.56 Å². The standard InChI is InChI=1S/C20H24N2O2/c1-2-22-18-8-4-3-7-17(18)20(14-19(22)23)9-11-21(12-10-20)15-16-6-5-13-24-16/h3-8,13H,2,9-12,14-15H2,1H3. The Balaban J connectivity index is 1.57. The van der Waals surface area contributed by atoms with Crippen LogP contribution in [0.1, 0.15) is 37.5 Å². The molecule has 0 saturated carbocycles. The van der Waals surface area contributed by atoms with Gasteiger partial charge in [0.25, 0.3) is 0 Å². The Hall–Kier alpha value is -2.07. The van der Waals surface area contributed by atoms with Crippen molar-refractivity contribution in [1.82, 2.24) is 4.90 Å². The van der Waals surface area contributed by atoms with E-state index < -0.39 is 0 Å². The summed E-state index contributed by atoms with van der Waals surface area (Å²) in [7, 11) is 0. The molecule has 1 aromatic heterocycles. The van der Waals surface area contributed by atoms with Gasteiger partial charge in [-0.15, -0.1) is 0 Å². The maximum absolute atomic E-state index is 12.7. The molecule has 1 spiro atoms. The van der Waals surface area contributed by atoms with E-state index in [1.54, 1.807) is 6.26 Å². The number of carbonyl (C=O) groups is 1. The van der Waals surface area contributed by atoms with Crippen LogP contribution in [0.4, 0.5) is 5.69 Å². The number of benzene rings is 1. The van der Waals surface area contributed by atoms with Crippen LogP contribution in [0.15, 0.2) is 47.1 Å². The topological polar surface area (TPSA) is 36.7 Å². The summed E-state index contributed by atoms with van der Waals surface area (Å²) in [4.78, 5) is 17.1. The van der Waals surface area contributed by atoms with Crippen LogP contribution < -0.4 is 4.90 Å². The van der Waals surface area contributed by atoms with Crippen molar-refractivity contribution in [3.05, 3.63) is 54.0 Å². The van der Waals surface area contributed by atoms with Crippen LogP contribution in [0, 0.1) is 0 Å². The zero-order valence-corrected chi connectivity index (χ0v) is 14.2. The summed E-state index contributed by atoms with van der Waals surface area (Å²) in [5.74, 6) is 1.29. The van der Waals surface area contributed by atoms with E-state index in [9.17, 15) is 4.79 Å². The van der Waals surface area contributed by atoms with E-state index in [2.05, 4.69) is 30.0 Å². The number of nitrogens with zero attached hydrogens (tertiary/aromatic N) is 2. The van der Waals surface area contributed by atoms with E-state index in [4.69, 9.17) is 4.42 Å². The fourth-order valence-corrected chi connectivity index (χ4v) is 4.33. The van der Waals surface area contributed by atoms with Gasteiger partial charge in [-0.25, -0.2) is 0 Å². The van der Waals surface area contributed by atoms with Crippen LogP contribution in [-0.2, 0) is 16.8 Å². The number of fused-ring (bicyclic) bond motifs is 2. The van der Waals surface area contributed by atoms with Gasteiger partial charge in [0.05, 0.1) is 12.8 Å². The molecule has 2 aliphatic rings. The summed E-state index contributed by atoms with van der Waals surface area (Å²) in [5, 5.41) is 0. The van der Waals surface area contributed by atoms with Crippen LogP contribution in [0.25, 0.3) is 0 Å². The van der Waals surface area contributed by atoms with Crippen molar-refractivity contribution in [3.63, 3.8) is 0 Å². The highest BCUT2D eigenvalue weighted by Crippen LogP contribution is 2.46. The Kier molecular flexibility index (Phi) is 3.93. The van der Waals surface area contributed by atoms with Crippen molar-refractivity contribution in [1.29, 1.82) is 0 Å². The van der Waals surface area contributed by atoms with Crippen molar-refractivity contribution >= 4 is 11.6 Å². The third kappa shape index (κ3) is 2.55. The summed E-state index contributed by atoms with van der Waals surface area (Å²) in [6.07, 6.45) is 4.45. The smallest absolute Gasteiger partial charge is 0.227 e. The third-order valence-corrected chi connectivity index (χ3v) is 5.65. The fourth-order valence-electron chi connectivity index (χ4n) is 4.33. The number of carbonyl (C=O) groups excluding carboxylic acids is 1. The second-order valence-electron chi connectivity index (χ2n) is 6.97. The molecule has 2 aliphatic heterocycles. The molecule has 126 valence electrons. The van der Waals surface area contributed by atoms with Crippen LogP contribution in [-0.4, -0.2) is 30.4 Å². The first-order valence-corrected chi connectivity index (χ1v) is 8.86. The zero-order valence-electron chi connectivity index (χ0n) is 14.2. The number of furan rings is 1. The molecule has 24 heavy (non-hydrogen) atoms. The Labute approximate surface area is 143 Å². The number of para-hydroxylation sites is 1. The first kappa shape index (κ1) is 15.5. The predicted octanol–water partition coefficient (Wildman–Crippen LogP) is 3.57. The highest BCUT2D eigenvalue weighted by atomic mass is 16.3. The highest BCUT2D eigenvalue weighted by Gasteiger charge is 2.44. The molecule has 4 nitrogen and oxygen atoms in total. The Bertz CT molecular complexity index is 715. The lowest BCUT2D eigenvalue weighted by Crippen LogP contribution is -2.49. The Morgan fingerprint density at radius 2 is 1.92 bits per heavy atom. The minimum atomic E-state index is 0.0129. The van der Waals surface area contributed by atoms with Gasteiger partial charge in [0.2, 0.25) is 5.91 Å². The average molecular weight is 324 g/mol. The number of amides is 1. The van der Waals surface area contributed by atoms with Gasteiger partial charge in [-0.2, -0.15) is 0 Å². The van der Waals surface area contributed by atoms with E-state index in [-0.39, 0.29) is 11.3 Å². The number of hydrogen-bond acceptors (Lipinski definition) is 3. The van der Waals surface area contributed by atoms with Crippen LogP contribution in [0.5, 0.6) is 0 Å². The van der Waals surface area contributed by atoms with E-state index in [0.717, 1.165) is 50.5 Å². The molecule has 2 aromatic rings. The van der Waals surface area contributed by atoms with Crippen LogP contribution in [0.3, 0.4) is 0 Å². The molecule has 1 fully saturated rings. The SMILES string of the molecule is CCN1C(=O)CC2(CCN(Cc3ccco3)CC2)c2ccccc21. The molecule has 0 bridgehead atoms. The van der Waals surface area contributed by atoms with Crippen molar-refractivity contribution in [3.8, 4) is 0 Å². The van der Waals surface area contributed by atoms with E-state index >= 15 is 0 Å². The van der Waals surface area contributed by atoms with Crippen molar-refractivity contribution in [2.75, 3.05) is 24.5 Å². The molecular formula is C20H24N2O2. The van der Waals surface area contributed by atoms with Crippen molar-refractivity contribution in [2.45, 2.75) is 38.1 Å². The molecule has 1 aromatic carbocycles. The summed E-state index contributed by atoms with van der Waals surface area (Å²) < 4.78 is 5.47. The molecule has 0 N–H and O–H groups in total. The van der Waals surface area contributed by atoms with Gasteiger partial charge < -0.3 is 9.32 Å². The van der Waals surface area contributed by atoms with Crippen LogP contribution in [0.2, 0.25) is 0 Å². The summed E-state index contributed by atoms with van der Waals surface area (Å²) >= 11 is 0. The second-order valence-corrected chi connectivity index (χ2v) is 6.97. The minimum absolute atomic E-state index is 0.0129. The van der Waals surface area contributed by atoms with Gasteiger partial charge in [-0.3, -0.25) is 9.69 Å². The largest absolute Gasteiger partial charge is 0.468 e. The minimum Gasteiger partial charge on any atom is -0.468 e. The molecule has 0 radical (unpaired) electrons. The molecule has 4 heteroatoms. The number of piperidine rings is 1. The lowest BCUT2D eigenvalue weighted by Gasteiger charge is -2.47. The number of rotatable bonds is 3. The summed E-state index contributed by atoms with van der Waals surface area (Å²) in [6, 6.07) is 12.5. The van der Waals surface area contributed by atoms with Gasteiger partial charge in [0, 0.05) is 24.1 Å². The molecule has 0 aliphatic carbocycles. The molecule has 1 amide bonds. The maximum Gasteiger partial charge on any atom is 0.227 e. The molecule has 1 saturated heterocycles. The molecular weight excluding hydrogens is 300 g/mol. The van der Waals surface area contributed by atoms with Crippen LogP contribution >= 0.6 is 0 Å². The second kappa shape index (κ2) is 6.10.